The lowest BCUT2D eigenvalue weighted by atomic mass is 9.64. The lowest BCUT2D eigenvalue weighted by Crippen LogP contribution is -2.36. The van der Waals surface area contributed by atoms with Crippen LogP contribution in [0.4, 0.5) is 0 Å². The Morgan fingerprint density at radius 1 is 1.22 bits per heavy atom. The van der Waals surface area contributed by atoms with Crippen LogP contribution in [-0.2, 0) is 16.6 Å². The molecule has 0 amide bonds. The van der Waals surface area contributed by atoms with Crippen LogP contribution in [0.2, 0.25) is 0 Å². The van der Waals surface area contributed by atoms with Crippen molar-refractivity contribution in [3.8, 4) is 0 Å². The Morgan fingerprint density at radius 2 is 1.94 bits per heavy atom. The molecule has 1 saturated carbocycles. The SMILES string of the molecule is CCCC1Cc2ccccc2C12CCC(=O)CC2. The van der Waals surface area contributed by atoms with Gasteiger partial charge in [0.1, 0.15) is 5.78 Å². The molecule has 0 saturated heterocycles. The number of benzene rings is 1. The molecule has 2 aliphatic rings. The number of hydrogen-bond donors (Lipinski definition) is 0. The molecule has 2 aliphatic carbocycles. The molecule has 1 spiro atoms. The highest BCUT2D eigenvalue weighted by molar-refractivity contribution is 5.79. The van der Waals surface area contributed by atoms with Crippen molar-refractivity contribution in [2.75, 3.05) is 0 Å². The van der Waals surface area contributed by atoms with Gasteiger partial charge in [0, 0.05) is 12.8 Å². The molecule has 1 aromatic rings. The summed E-state index contributed by atoms with van der Waals surface area (Å²) >= 11 is 0. The van der Waals surface area contributed by atoms with Gasteiger partial charge in [-0.05, 0) is 48.1 Å². The van der Waals surface area contributed by atoms with Gasteiger partial charge < -0.3 is 0 Å². The van der Waals surface area contributed by atoms with Gasteiger partial charge in [0.2, 0.25) is 0 Å². The molecule has 1 unspecified atom stereocenters. The third kappa shape index (κ3) is 1.72. The zero-order valence-corrected chi connectivity index (χ0v) is 11.2. The maximum Gasteiger partial charge on any atom is 0.132 e. The largest absolute Gasteiger partial charge is 0.300 e. The van der Waals surface area contributed by atoms with E-state index in [1.54, 1.807) is 11.1 Å². The van der Waals surface area contributed by atoms with Crippen LogP contribution in [-0.4, -0.2) is 5.78 Å². The Bertz CT molecular complexity index is 450. The Kier molecular flexibility index (Phi) is 3.01. The number of rotatable bonds is 2. The zero-order chi connectivity index (χ0) is 12.6. The summed E-state index contributed by atoms with van der Waals surface area (Å²) in [6, 6.07) is 8.95. The smallest absolute Gasteiger partial charge is 0.132 e. The van der Waals surface area contributed by atoms with E-state index >= 15 is 0 Å². The normalized spacial score (nSPS) is 25.4. The lowest BCUT2D eigenvalue weighted by Gasteiger charge is -2.39. The number of Topliss-reactive ketones (excluding diaryl/α,β-unsaturated/α-hetero) is 1. The molecule has 1 heteroatoms. The van der Waals surface area contributed by atoms with Crippen LogP contribution >= 0.6 is 0 Å². The Hall–Kier alpha value is -1.11. The molecule has 18 heavy (non-hydrogen) atoms. The predicted molar refractivity (Wildman–Crippen MR) is 73.7 cm³/mol. The van der Waals surface area contributed by atoms with Gasteiger partial charge in [0.15, 0.2) is 0 Å². The standard InChI is InChI=1S/C17H22O/c1-2-5-14-12-13-6-3-4-7-16(13)17(14)10-8-15(18)9-11-17/h3-4,6-7,14H,2,5,8-12H2,1H3. The summed E-state index contributed by atoms with van der Waals surface area (Å²) in [7, 11) is 0. The summed E-state index contributed by atoms with van der Waals surface area (Å²) in [6.45, 7) is 2.28. The number of carbonyl (C=O) groups is 1. The van der Waals surface area contributed by atoms with E-state index in [2.05, 4.69) is 31.2 Å². The molecular formula is C17H22O. The fourth-order valence-electron chi connectivity index (χ4n) is 4.24. The summed E-state index contributed by atoms with van der Waals surface area (Å²) < 4.78 is 0. The summed E-state index contributed by atoms with van der Waals surface area (Å²) in [5.74, 6) is 1.24. The second kappa shape index (κ2) is 4.53. The fraction of sp³-hybridized carbons (Fsp3) is 0.588. The summed E-state index contributed by atoms with van der Waals surface area (Å²) in [5.41, 5.74) is 3.45. The second-order valence-electron chi connectivity index (χ2n) is 6.04. The number of ketones is 1. The molecule has 1 nitrogen and oxygen atoms in total. The van der Waals surface area contributed by atoms with Gasteiger partial charge in [-0.25, -0.2) is 0 Å². The first-order chi connectivity index (χ1) is 8.76. The minimum Gasteiger partial charge on any atom is -0.300 e. The van der Waals surface area contributed by atoms with Gasteiger partial charge in [-0.2, -0.15) is 0 Å². The zero-order valence-electron chi connectivity index (χ0n) is 11.2. The van der Waals surface area contributed by atoms with Crippen LogP contribution in [0.15, 0.2) is 24.3 Å². The molecule has 0 aromatic heterocycles. The van der Waals surface area contributed by atoms with Gasteiger partial charge >= 0.3 is 0 Å². The van der Waals surface area contributed by atoms with E-state index in [1.165, 1.54) is 19.3 Å². The highest BCUT2D eigenvalue weighted by Gasteiger charge is 2.47. The Morgan fingerprint density at radius 3 is 2.67 bits per heavy atom. The molecule has 0 aliphatic heterocycles. The number of hydrogen-bond acceptors (Lipinski definition) is 1. The Balaban J connectivity index is 1.99. The van der Waals surface area contributed by atoms with E-state index in [0.29, 0.717) is 11.2 Å². The van der Waals surface area contributed by atoms with Crippen molar-refractivity contribution in [1.29, 1.82) is 0 Å². The molecule has 3 rings (SSSR count). The molecule has 1 atom stereocenters. The van der Waals surface area contributed by atoms with Gasteiger partial charge in [-0.15, -0.1) is 0 Å². The van der Waals surface area contributed by atoms with Crippen molar-refractivity contribution in [3.63, 3.8) is 0 Å². The van der Waals surface area contributed by atoms with Crippen LogP contribution < -0.4 is 0 Å². The summed E-state index contributed by atoms with van der Waals surface area (Å²) in [5, 5.41) is 0. The van der Waals surface area contributed by atoms with E-state index in [1.807, 2.05) is 0 Å². The molecule has 0 heterocycles. The third-order valence-corrected chi connectivity index (χ3v) is 5.14. The van der Waals surface area contributed by atoms with Crippen LogP contribution in [0.5, 0.6) is 0 Å². The first-order valence-corrected chi connectivity index (χ1v) is 7.36. The van der Waals surface area contributed by atoms with Crippen LogP contribution in [0.1, 0.15) is 56.6 Å². The summed E-state index contributed by atoms with van der Waals surface area (Å²) in [4.78, 5) is 11.6. The average Bonchev–Trinajstić information content (AvgIpc) is 2.69. The number of fused-ring (bicyclic) bond motifs is 2. The minimum absolute atomic E-state index is 0.334. The Labute approximate surface area is 110 Å². The topological polar surface area (TPSA) is 17.1 Å². The maximum absolute atomic E-state index is 11.6. The molecule has 0 N–H and O–H groups in total. The number of carbonyl (C=O) groups excluding carboxylic acids is 1. The first kappa shape index (κ1) is 12.0. The average molecular weight is 242 g/mol. The second-order valence-corrected chi connectivity index (χ2v) is 6.04. The molecule has 1 fully saturated rings. The van der Waals surface area contributed by atoms with Gasteiger partial charge in [-0.3, -0.25) is 4.79 Å². The van der Waals surface area contributed by atoms with E-state index in [4.69, 9.17) is 0 Å². The van der Waals surface area contributed by atoms with Crippen LogP contribution in [0.25, 0.3) is 0 Å². The highest BCUT2D eigenvalue weighted by atomic mass is 16.1. The minimum atomic E-state index is 0.334. The van der Waals surface area contributed by atoms with Crippen molar-refractivity contribution < 1.29 is 4.79 Å². The van der Waals surface area contributed by atoms with E-state index in [-0.39, 0.29) is 0 Å². The molecule has 1 aromatic carbocycles. The third-order valence-electron chi connectivity index (χ3n) is 5.14. The predicted octanol–water partition coefficient (Wildman–Crippen LogP) is 4.04. The van der Waals surface area contributed by atoms with Crippen molar-refractivity contribution in [2.24, 2.45) is 5.92 Å². The molecule has 0 bridgehead atoms. The van der Waals surface area contributed by atoms with Crippen LogP contribution in [0.3, 0.4) is 0 Å². The monoisotopic (exact) mass is 242 g/mol. The molecule has 0 radical (unpaired) electrons. The van der Waals surface area contributed by atoms with Crippen molar-refractivity contribution >= 4 is 5.78 Å². The van der Waals surface area contributed by atoms with Crippen molar-refractivity contribution in [2.45, 2.75) is 57.3 Å². The quantitative estimate of drug-likeness (QED) is 0.765. The molecule has 96 valence electrons. The van der Waals surface area contributed by atoms with Gasteiger partial charge in [0.25, 0.3) is 0 Å². The van der Waals surface area contributed by atoms with E-state index in [0.717, 1.165) is 31.6 Å². The van der Waals surface area contributed by atoms with Crippen LogP contribution in [0, 0.1) is 5.92 Å². The van der Waals surface area contributed by atoms with Crippen molar-refractivity contribution in [1.82, 2.24) is 0 Å². The lowest BCUT2D eigenvalue weighted by molar-refractivity contribution is -0.121. The van der Waals surface area contributed by atoms with E-state index < -0.39 is 0 Å². The molecular weight excluding hydrogens is 220 g/mol. The first-order valence-electron chi connectivity index (χ1n) is 7.36. The maximum atomic E-state index is 11.6. The highest BCUT2D eigenvalue weighted by Crippen LogP contribution is 2.52. The fourth-order valence-corrected chi connectivity index (χ4v) is 4.24. The summed E-state index contributed by atoms with van der Waals surface area (Å²) in [6.07, 6.45) is 7.58. The van der Waals surface area contributed by atoms with Gasteiger partial charge in [-0.1, -0.05) is 37.6 Å². The van der Waals surface area contributed by atoms with Crippen molar-refractivity contribution in [3.05, 3.63) is 35.4 Å². The van der Waals surface area contributed by atoms with Gasteiger partial charge in [0.05, 0.1) is 0 Å². The van der Waals surface area contributed by atoms with E-state index in [9.17, 15) is 4.79 Å².